The maximum absolute atomic E-state index is 12.3. The molecule has 0 radical (unpaired) electrons. The van der Waals surface area contributed by atoms with Gasteiger partial charge in [-0.1, -0.05) is 66.7 Å². The van der Waals surface area contributed by atoms with Crippen LogP contribution in [0.4, 0.5) is 0 Å². The number of carbonyl (C=O) groups excluding carboxylic acids is 1. The molecule has 0 atom stereocenters. The highest BCUT2D eigenvalue weighted by Crippen LogP contribution is 2.22. The lowest BCUT2D eigenvalue weighted by molar-refractivity contribution is 0.102. The van der Waals surface area contributed by atoms with E-state index in [-0.39, 0.29) is 5.78 Å². The fourth-order valence-electron chi connectivity index (χ4n) is 2.75. The third kappa shape index (κ3) is 2.55. The van der Waals surface area contributed by atoms with E-state index >= 15 is 0 Å². The largest absolute Gasteiger partial charge is 0.453 e. The highest BCUT2D eigenvalue weighted by atomic mass is 16.3. The van der Waals surface area contributed by atoms with Crippen molar-refractivity contribution >= 4 is 33.6 Å². The molecule has 0 N–H and O–H groups in total. The molecule has 0 bridgehead atoms. The Morgan fingerprint density at radius 1 is 0.826 bits per heavy atom. The summed E-state index contributed by atoms with van der Waals surface area (Å²) in [6.45, 7) is 0. The molecule has 0 fully saturated rings. The molecule has 4 aromatic rings. The summed E-state index contributed by atoms with van der Waals surface area (Å²) in [5.41, 5.74) is 1.75. The number of benzene rings is 3. The Kier molecular flexibility index (Phi) is 3.28. The fraction of sp³-hybridized carbons (Fsp3) is 0. The van der Waals surface area contributed by atoms with Crippen molar-refractivity contribution in [3.8, 4) is 0 Å². The average Bonchev–Trinajstić information content (AvgIpc) is 3.04. The molecule has 23 heavy (non-hydrogen) atoms. The second-order valence-electron chi connectivity index (χ2n) is 5.41. The van der Waals surface area contributed by atoms with E-state index in [1.165, 1.54) is 0 Å². The number of fused-ring (bicyclic) bond motifs is 2. The van der Waals surface area contributed by atoms with Gasteiger partial charge in [0.1, 0.15) is 5.58 Å². The van der Waals surface area contributed by atoms with Gasteiger partial charge in [-0.25, -0.2) is 0 Å². The average molecular weight is 298 g/mol. The molecule has 0 spiro atoms. The van der Waals surface area contributed by atoms with Crippen molar-refractivity contribution in [2.45, 2.75) is 0 Å². The molecule has 1 heterocycles. The Bertz CT molecular complexity index is 1000. The van der Waals surface area contributed by atoms with Crippen molar-refractivity contribution in [2.24, 2.45) is 0 Å². The van der Waals surface area contributed by atoms with E-state index < -0.39 is 0 Å². The molecule has 0 saturated carbocycles. The van der Waals surface area contributed by atoms with Gasteiger partial charge >= 0.3 is 0 Å². The molecule has 0 aliphatic heterocycles. The lowest BCUT2D eigenvalue weighted by atomic mass is 10.0. The second kappa shape index (κ2) is 5.58. The summed E-state index contributed by atoms with van der Waals surface area (Å²) in [5, 5.41) is 3.23. The van der Waals surface area contributed by atoms with Gasteiger partial charge in [0.25, 0.3) is 0 Å². The first-order chi connectivity index (χ1) is 11.3. The summed E-state index contributed by atoms with van der Waals surface area (Å²) in [7, 11) is 0. The van der Waals surface area contributed by atoms with E-state index in [2.05, 4.69) is 18.2 Å². The summed E-state index contributed by atoms with van der Waals surface area (Å²) in [6, 6.07) is 23.6. The molecule has 0 aliphatic rings. The van der Waals surface area contributed by atoms with E-state index in [0.29, 0.717) is 5.76 Å². The van der Waals surface area contributed by atoms with Crippen LogP contribution in [-0.4, -0.2) is 5.78 Å². The molecule has 0 aliphatic carbocycles. The Morgan fingerprint density at radius 2 is 1.57 bits per heavy atom. The van der Waals surface area contributed by atoms with Crippen LogP contribution in [0.2, 0.25) is 0 Å². The summed E-state index contributed by atoms with van der Waals surface area (Å²) >= 11 is 0. The Labute approximate surface area is 133 Å². The zero-order chi connectivity index (χ0) is 15.6. The molecule has 2 nitrogen and oxygen atoms in total. The van der Waals surface area contributed by atoms with Crippen LogP contribution in [0, 0.1) is 0 Å². The number of furan rings is 1. The summed E-state index contributed by atoms with van der Waals surface area (Å²) in [5.74, 6) is 0.233. The normalized spacial score (nSPS) is 11.5. The molecule has 4 rings (SSSR count). The van der Waals surface area contributed by atoms with Crippen LogP contribution >= 0.6 is 0 Å². The number of rotatable bonds is 3. The molecule has 0 saturated heterocycles. The first-order valence-electron chi connectivity index (χ1n) is 7.50. The van der Waals surface area contributed by atoms with Crippen LogP contribution in [0.5, 0.6) is 0 Å². The summed E-state index contributed by atoms with van der Waals surface area (Å²) < 4.78 is 5.60. The van der Waals surface area contributed by atoms with Crippen molar-refractivity contribution in [1.29, 1.82) is 0 Å². The smallest absolute Gasteiger partial charge is 0.221 e. The lowest BCUT2D eigenvalue weighted by Crippen LogP contribution is -1.90. The van der Waals surface area contributed by atoms with Gasteiger partial charge in [0.05, 0.1) is 0 Å². The predicted molar refractivity (Wildman–Crippen MR) is 93.5 cm³/mol. The van der Waals surface area contributed by atoms with Gasteiger partial charge in [0, 0.05) is 5.39 Å². The number of carbonyl (C=O) groups is 1. The zero-order valence-corrected chi connectivity index (χ0v) is 12.4. The van der Waals surface area contributed by atoms with Crippen molar-refractivity contribution < 1.29 is 9.21 Å². The third-order valence-electron chi connectivity index (χ3n) is 3.91. The van der Waals surface area contributed by atoms with Gasteiger partial charge in [-0.15, -0.1) is 0 Å². The summed E-state index contributed by atoms with van der Waals surface area (Å²) in [4.78, 5) is 12.3. The highest BCUT2D eigenvalue weighted by Gasteiger charge is 2.09. The van der Waals surface area contributed by atoms with Gasteiger partial charge < -0.3 is 4.42 Å². The van der Waals surface area contributed by atoms with E-state index in [1.54, 1.807) is 12.1 Å². The van der Waals surface area contributed by atoms with E-state index in [4.69, 9.17) is 4.42 Å². The van der Waals surface area contributed by atoms with Gasteiger partial charge in [-0.05, 0) is 34.5 Å². The van der Waals surface area contributed by atoms with Crippen LogP contribution in [0.1, 0.15) is 16.1 Å². The molecular formula is C21H14O2. The molecule has 110 valence electrons. The summed E-state index contributed by atoms with van der Waals surface area (Å²) in [6.07, 6.45) is 3.41. The van der Waals surface area contributed by atoms with Crippen molar-refractivity contribution in [3.63, 3.8) is 0 Å². The standard InChI is InChI=1S/C21H14O2/c22-19(21-14-17-7-2-4-11-20(17)23-21)13-12-16-9-5-8-15-6-1-3-10-18(15)16/h1-14H/b13-12+. The van der Waals surface area contributed by atoms with Crippen LogP contribution in [0.3, 0.4) is 0 Å². The number of hydrogen-bond donors (Lipinski definition) is 0. The Hall–Kier alpha value is -3.13. The van der Waals surface area contributed by atoms with Gasteiger partial charge in [0.15, 0.2) is 5.76 Å². The molecule has 0 unspecified atom stereocenters. The SMILES string of the molecule is O=C(/C=C/c1cccc2ccccc12)c1cc2ccccc2o1. The Balaban J connectivity index is 1.68. The van der Waals surface area contributed by atoms with Crippen molar-refractivity contribution in [2.75, 3.05) is 0 Å². The van der Waals surface area contributed by atoms with Gasteiger partial charge in [-0.3, -0.25) is 4.79 Å². The zero-order valence-electron chi connectivity index (χ0n) is 12.4. The minimum Gasteiger partial charge on any atom is -0.453 e. The minimum atomic E-state index is -0.130. The molecular weight excluding hydrogens is 284 g/mol. The minimum absolute atomic E-state index is 0.130. The number of hydrogen-bond acceptors (Lipinski definition) is 2. The van der Waals surface area contributed by atoms with Gasteiger partial charge in [0.2, 0.25) is 5.78 Å². The Morgan fingerprint density at radius 3 is 2.43 bits per heavy atom. The predicted octanol–water partition coefficient (Wildman–Crippen LogP) is 5.48. The molecule has 1 aromatic heterocycles. The van der Waals surface area contributed by atoms with Crippen molar-refractivity contribution in [3.05, 3.63) is 90.2 Å². The van der Waals surface area contributed by atoms with Gasteiger partial charge in [-0.2, -0.15) is 0 Å². The molecule has 0 amide bonds. The third-order valence-corrected chi connectivity index (χ3v) is 3.91. The van der Waals surface area contributed by atoms with Crippen LogP contribution in [-0.2, 0) is 0 Å². The van der Waals surface area contributed by atoms with Crippen LogP contribution in [0.25, 0.3) is 27.8 Å². The molecule has 2 heteroatoms. The molecule has 3 aromatic carbocycles. The monoisotopic (exact) mass is 298 g/mol. The number of allylic oxidation sites excluding steroid dienone is 1. The lowest BCUT2D eigenvalue weighted by Gasteiger charge is -2.01. The van der Waals surface area contributed by atoms with E-state index in [0.717, 1.165) is 27.3 Å². The highest BCUT2D eigenvalue weighted by molar-refractivity contribution is 6.07. The first kappa shape index (κ1) is 13.5. The van der Waals surface area contributed by atoms with Crippen LogP contribution in [0.15, 0.2) is 83.3 Å². The maximum Gasteiger partial charge on any atom is 0.221 e. The maximum atomic E-state index is 12.3. The number of para-hydroxylation sites is 1. The van der Waals surface area contributed by atoms with E-state index in [9.17, 15) is 4.79 Å². The number of ketones is 1. The van der Waals surface area contributed by atoms with E-state index in [1.807, 2.05) is 54.6 Å². The second-order valence-corrected chi connectivity index (χ2v) is 5.41. The topological polar surface area (TPSA) is 30.2 Å². The first-order valence-corrected chi connectivity index (χ1v) is 7.50. The van der Waals surface area contributed by atoms with Crippen LogP contribution < -0.4 is 0 Å². The quantitative estimate of drug-likeness (QED) is 0.370. The van der Waals surface area contributed by atoms with Crippen molar-refractivity contribution in [1.82, 2.24) is 0 Å². The fourth-order valence-corrected chi connectivity index (χ4v) is 2.75.